The summed E-state index contributed by atoms with van der Waals surface area (Å²) < 4.78 is 40.0. The molecular formula is H2HgO5S. The van der Waals surface area contributed by atoms with Crippen LogP contribution in [0.3, 0.4) is 0 Å². The molecule has 0 aromatic heterocycles. The molecule has 0 saturated heterocycles. The average molecular weight is 315 g/mol. The molecule has 40 valence electrons. The zero-order chi connectivity index (χ0) is 6.50. The molecule has 5 nitrogen and oxygen atoms in total. The number of hydrogen-bond donors (Lipinski definition) is 2. The third-order valence-corrected chi connectivity index (χ3v) is 0. The van der Waals surface area contributed by atoms with Crippen molar-refractivity contribution in [2.75, 3.05) is 0 Å². The van der Waals surface area contributed by atoms with Crippen molar-refractivity contribution in [1.82, 2.24) is 0 Å². The molecule has 0 aliphatic heterocycles. The van der Waals surface area contributed by atoms with Gasteiger partial charge in [0.1, 0.15) is 0 Å². The van der Waals surface area contributed by atoms with Crippen LogP contribution in [0, 0.1) is 0 Å². The van der Waals surface area contributed by atoms with Crippen molar-refractivity contribution in [2.24, 2.45) is 0 Å². The summed E-state index contributed by atoms with van der Waals surface area (Å²) in [5.74, 6) is 0. The van der Waals surface area contributed by atoms with E-state index in [-0.39, 0.29) is 26.1 Å². The maximum absolute atomic E-state index is 8.74. The number of hydrogen-bond acceptors (Lipinski definition) is 3. The van der Waals surface area contributed by atoms with E-state index >= 15 is 0 Å². The second-order valence-corrected chi connectivity index (χ2v) is 1.34. The fourth-order valence-electron chi connectivity index (χ4n) is 0. The molecule has 0 aliphatic rings. The molecule has 0 spiro atoms. The van der Waals surface area contributed by atoms with Crippen LogP contribution in [-0.4, -0.2) is 17.5 Å². The Morgan fingerprint density at radius 3 is 1.14 bits per heavy atom. The molecule has 0 heterocycles. The summed E-state index contributed by atoms with van der Waals surface area (Å²) in [4.78, 5) is 0. The van der Waals surface area contributed by atoms with E-state index in [1.54, 1.807) is 0 Å². The molecule has 0 amide bonds. The van der Waals surface area contributed by atoms with E-state index in [1.165, 1.54) is 0 Å². The topological polar surface area (TPSA) is 91.7 Å². The normalized spacial score (nSPS) is 9.14. The van der Waals surface area contributed by atoms with Gasteiger partial charge in [0.15, 0.2) is 0 Å². The van der Waals surface area contributed by atoms with Crippen LogP contribution >= 0.6 is 0 Å². The first-order valence-corrected chi connectivity index (χ1v) is 4.63. The molecule has 0 radical (unpaired) electrons. The van der Waals surface area contributed by atoms with Crippen molar-refractivity contribution in [3.63, 3.8) is 0 Å². The minimum atomic E-state index is -4.67. The summed E-state index contributed by atoms with van der Waals surface area (Å²) in [6, 6.07) is 0. The van der Waals surface area contributed by atoms with Gasteiger partial charge in [-0.3, -0.25) is 9.11 Å². The van der Waals surface area contributed by atoms with E-state index in [9.17, 15) is 0 Å². The SMILES string of the molecule is O=S(=O)(O)O.[O]=[Hg]. The van der Waals surface area contributed by atoms with Gasteiger partial charge in [-0.25, -0.2) is 0 Å². The van der Waals surface area contributed by atoms with E-state index in [4.69, 9.17) is 20.2 Å². The molecule has 0 aromatic carbocycles. The standard InChI is InChI=1S/Hg.H2O4S.O/c;1-5(2,3)4;/h;(H2,1,2,3,4);. The van der Waals surface area contributed by atoms with Gasteiger partial charge < -0.3 is 0 Å². The van der Waals surface area contributed by atoms with Crippen LogP contribution < -0.4 is 0 Å². The Labute approximate surface area is 56.8 Å². The molecule has 0 aliphatic carbocycles. The first kappa shape index (κ1) is 10.6. The van der Waals surface area contributed by atoms with Crippen LogP contribution in [0.25, 0.3) is 0 Å². The summed E-state index contributed by atoms with van der Waals surface area (Å²) in [6.45, 7) is 0. The molecule has 0 unspecified atom stereocenters. The second kappa shape index (κ2) is 4.76. The summed E-state index contributed by atoms with van der Waals surface area (Å²) in [6.07, 6.45) is 0. The Bertz CT molecular complexity index is 102. The zero-order valence-electron chi connectivity index (χ0n) is 3.23. The van der Waals surface area contributed by atoms with E-state index in [0.717, 1.165) is 0 Å². The van der Waals surface area contributed by atoms with E-state index in [0.29, 0.717) is 0 Å². The van der Waals surface area contributed by atoms with Crippen LogP contribution in [-0.2, 0) is 39.2 Å². The third-order valence-electron chi connectivity index (χ3n) is 0. The Hall–Kier alpha value is 0.605. The van der Waals surface area contributed by atoms with Crippen molar-refractivity contribution in [1.29, 1.82) is 0 Å². The van der Waals surface area contributed by atoms with E-state index in [2.05, 4.69) is 0 Å². The van der Waals surface area contributed by atoms with Crippen molar-refractivity contribution >= 4 is 10.4 Å². The van der Waals surface area contributed by atoms with Crippen molar-refractivity contribution in [3.8, 4) is 0 Å². The molecule has 2 N–H and O–H groups in total. The van der Waals surface area contributed by atoms with Gasteiger partial charge in [0.2, 0.25) is 0 Å². The molecule has 0 aromatic rings. The quantitative estimate of drug-likeness (QED) is 0.452. The van der Waals surface area contributed by atoms with Gasteiger partial charge in [0, 0.05) is 0 Å². The summed E-state index contributed by atoms with van der Waals surface area (Å²) >= 11 is -0.222. The van der Waals surface area contributed by atoms with Crippen LogP contribution in [0.4, 0.5) is 0 Å². The Balaban J connectivity index is 0. The summed E-state index contributed by atoms with van der Waals surface area (Å²) in [5.41, 5.74) is 0. The zero-order valence-corrected chi connectivity index (χ0v) is 9.55. The van der Waals surface area contributed by atoms with Gasteiger partial charge >= 0.3 is 39.2 Å². The molecule has 0 atom stereocenters. The first-order chi connectivity index (χ1) is 3.00. The molecule has 0 bridgehead atoms. The van der Waals surface area contributed by atoms with Gasteiger partial charge in [0.25, 0.3) is 0 Å². The van der Waals surface area contributed by atoms with Crippen molar-refractivity contribution in [2.45, 2.75) is 0 Å². The molecule has 0 rings (SSSR count). The second-order valence-electron chi connectivity index (χ2n) is 0.448. The van der Waals surface area contributed by atoms with Gasteiger partial charge in [-0.15, -0.1) is 0 Å². The van der Waals surface area contributed by atoms with E-state index < -0.39 is 10.4 Å². The average Bonchev–Trinajstić information content (AvgIpc) is 1.36. The van der Waals surface area contributed by atoms with Gasteiger partial charge in [-0.2, -0.15) is 8.42 Å². The number of rotatable bonds is 0. The fraction of sp³-hybridized carbons (Fsp3) is 0. The maximum atomic E-state index is 8.74. The molecular weight excluding hydrogens is 313 g/mol. The van der Waals surface area contributed by atoms with Crippen LogP contribution in [0.5, 0.6) is 0 Å². The Morgan fingerprint density at radius 2 is 1.14 bits per heavy atom. The van der Waals surface area contributed by atoms with Gasteiger partial charge in [0.05, 0.1) is 0 Å². The summed E-state index contributed by atoms with van der Waals surface area (Å²) in [7, 11) is -4.67. The third kappa shape index (κ3) is 383. The van der Waals surface area contributed by atoms with Gasteiger partial charge in [-0.1, -0.05) is 0 Å². The summed E-state index contributed by atoms with van der Waals surface area (Å²) in [5, 5.41) is 0. The van der Waals surface area contributed by atoms with E-state index in [1.807, 2.05) is 0 Å². The predicted molar refractivity (Wildman–Crippen MR) is 14.9 cm³/mol. The first-order valence-electron chi connectivity index (χ1n) is 0.987. The molecule has 7 heavy (non-hydrogen) atoms. The Kier molecular flexibility index (Phi) is 7.18. The fourth-order valence-corrected chi connectivity index (χ4v) is 0. The predicted octanol–water partition coefficient (Wildman–Crippen LogP) is -0.774. The van der Waals surface area contributed by atoms with Crippen LogP contribution in [0.15, 0.2) is 0 Å². The van der Waals surface area contributed by atoms with Crippen molar-refractivity contribution < 1.29 is 46.3 Å². The van der Waals surface area contributed by atoms with Crippen LogP contribution in [0.1, 0.15) is 0 Å². The van der Waals surface area contributed by atoms with Crippen LogP contribution in [0.2, 0.25) is 0 Å². The van der Waals surface area contributed by atoms with Crippen molar-refractivity contribution in [3.05, 3.63) is 0 Å². The molecule has 7 heteroatoms. The monoisotopic (exact) mass is 316 g/mol. The molecule has 0 fully saturated rings. The Morgan fingerprint density at radius 1 is 1.14 bits per heavy atom. The minimum absolute atomic E-state index is 0.222. The molecule has 0 saturated carbocycles. The van der Waals surface area contributed by atoms with Gasteiger partial charge in [-0.05, 0) is 0 Å².